The first-order chi connectivity index (χ1) is 20.6. The molecular weight excluding hydrogens is 528 g/mol. The van der Waals surface area contributed by atoms with E-state index in [0.717, 1.165) is 25.7 Å². The van der Waals surface area contributed by atoms with E-state index in [0.29, 0.717) is 36.2 Å². The second kappa shape index (κ2) is 19.3. The summed E-state index contributed by atoms with van der Waals surface area (Å²) in [6, 6.07) is 20.7. The van der Waals surface area contributed by atoms with Crippen molar-refractivity contribution in [2.45, 2.75) is 90.9 Å². The van der Waals surface area contributed by atoms with Gasteiger partial charge in [0.2, 0.25) is 0 Å². The molecule has 3 aromatic rings. The van der Waals surface area contributed by atoms with E-state index in [4.69, 9.17) is 18.9 Å². The van der Waals surface area contributed by atoms with Crippen molar-refractivity contribution in [3.8, 4) is 23.0 Å². The Morgan fingerprint density at radius 3 is 1.19 bits per heavy atom. The number of unbranched alkanes of at least 4 members (excludes halogenated alkanes) is 10. The van der Waals surface area contributed by atoms with E-state index in [-0.39, 0.29) is 11.1 Å². The van der Waals surface area contributed by atoms with Crippen LogP contribution >= 0.6 is 0 Å². The zero-order chi connectivity index (χ0) is 29.8. The van der Waals surface area contributed by atoms with Crippen LogP contribution in [0.25, 0.3) is 0 Å². The van der Waals surface area contributed by atoms with Gasteiger partial charge in [0.1, 0.15) is 0 Å². The quantitative estimate of drug-likeness (QED) is 0.0760. The van der Waals surface area contributed by atoms with Gasteiger partial charge in [-0.15, -0.1) is 0 Å². The van der Waals surface area contributed by atoms with Crippen molar-refractivity contribution in [2.24, 2.45) is 0 Å². The summed E-state index contributed by atoms with van der Waals surface area (Å²) in [5.41, 5.74) is 0.220. The van der Waals surface area contributed by atoms with Gasteiger partial charge in [-0.3, -0.25) is 0 Å². The van der Waals surface area contributed by atoms with E-state index in [1.807, 2.05) is 12.1 Å². The standard InChI is InChI=1S/C36H46O6/c1-3-5-7-9-11-19-27-39-31-23-15-17-25-33(31)41-35(37)29-21-13-14-22-30(29)36(38)42-34-26-18-16-24-32(34)40-28-20-12-10-8-6-4-2/h13-18,21-26H,3-12,19-20,27-28H2,1-2H3. The number of carbonyl (C=O) groups is 2. The second-order valence-electron chi connectivity index (χ2n) is 10.5. The zero-order valence-corrected chi connectivity index (χ0v) is 25.3. The molecule has 0 aliphatic heterocycles. The van der Waals surface area contributed by atoms with Crippen LogP contribution in [0.15, 0.2) is 72.8 Å². The largest absolute Gasteiger partial charge is 0.490 e. The highest BCUT2D eigenvalue weighted by Crippen LogP contribution is 2.30. The lowest BCUT2D eigenvalue weighted by Crippen LogP contribution is -2.18. The van der Waals surface area contributed by atoms with Gasteiger partial charge in [-0.05, 0) is 49.2 Å². The molecule has 0 saturated carbocycles. The third kappa shape index (κ3) is 11.2. The molecule has 0 unspecified atom stereocenters. The predicted octanol–water partition coefficient (Wildman–Crippen LogP) is 9.60. The molecule has 0 bridgehead atoms. The summed E-state index contributed by atoms with van der Waals surface area (Å²) in [6.45, 7) is 5.50. The summed E-state index contributed by atoms with van der Waals surface area (Å²) < 4.78 is 23.3. The molecule has 0 amide bonds. The van der Waals surface area contributed by atoms with Crippen LogP contribution in [0.5, 0.6) is 23.0 Å². The Kier molecular flexibility index (Phi) is 15.1. The average molecular weight is 575 g/mol. The van der Waals surface area contributed by atoms with E-state index in [9.17, 15) is 9.59 Å². The minimum absolute atomic E-state index is 0.110. The Labute approximate surface area is 251 Å². The number of hydrogen-bond acceptors (Lipinski definition) is 6. The van der Waals surface area contributed by atoms with Gasteiger partial charge in [0, 0.05) is 0 Å². The summed E-state index contributed by atoms with van der Waals surface area (Å²) in [4.78, 5) is 26.5. The number of ether oxygens (including phenoxy) is 4. The summed E-state index contributed by atoms with van der Waals surface area (Å²) in [6.07, 6.45) is 13.9. The van der Waals surface area contributed by atoms with Gasteiger partial charge in [0.25, 0.3) is 0 Å². The smallest absolute Gasteiger partial charge is 0.344 e. The van der Waals surface area contributed by atoms with E-state index >= 15 is 0 Å². The fourth-order valence-electron chi connectivity index (χ4n) is 4.59. The van der Waals surface area contributed by atoms with Crippen LogP contribution in [0.2, 0.25) is 0 Å². The Morgan fingerprint density at radius 1 is 0.452 bits per heavy atom. The van der Waals surface area contributed by atoms with Gasteiger partial charge in [0.05, 0.1) is 24.3 Å². The molecule has 0 heterocycles. The molecule has 0 radical (unpaired) electrons. The Hall–Kier alpha value is -3.80. The summed E-state index contributed by atoms with van der Waals surface area (Å²) in [5.74, 6) is 0.290. The first-order valence-corrected chi connectivity index (χ1v) is 15.6. The fraction of sp³-hybridized carbons (Fsp3) is 0.444. The fourth-order valence-corrected chi connectivity index (χ4v) is 4.59. The lowest BCUT2D eigenvalue weighted by Gasteiger charge is -2.14. The molecule has 0 saturated heterocycles. The number of rotatable bonds is 20. The van der Waals surface area contributed by atoms with Gasteiger partial charge in [-0.25, -0.2) is 9.59 Å². The van der Waals surface area contributed by atoms with Crippen LogP contribution in [0.3, 0.4) is 0 Å². The topological polar surface area (TPSA) is 71.1 Å². The normalized spacial score (nSPS) is 10.7. The predicted molar refractivity (Wildman–Crippen MR) is 167 cm³/mol. The Morgan fingerprint density at radius 2 is 0.786 bits per heavy atom. The minimum atomic E-state index is -0.661. The van der Waals surface area contributed by atoms with Crippen LogP contribution in [0.1, 0.15) is 112 Å². The van der Waals surface area contributed by atoms with E-state index in [2.05, 4.69) is 13.8 Å². The van der Waals surface area contributed by atoms with Crippen LogP contribution in [0, 0.1) is 0 Å². The average Bonchev–Trinajstić information content (AvgIpc) is 3.01. The lowest BCUT2D eigenvalue weighted by atomic mass is 10.1. The number of benzene rings is 3. The van der Waals surface area contributed by atoms with Crippen molar-refractivity contribution in [1.29, 1.82) is 0 Å². The maximum atomic E-state index is 13.2. The lowest BCUT2D eigenvalue weighted by molar-refractivity contribution is 0.0685. The maximum Gasteiger partial charge on any atom is 0.344 e. The third-order valence-corrected chi connectivity index (χ3v) is 6.98. The highest BCUT2D eigenvalue weighted by atomic mass is 16.6. The summed E-state index contributed by atoms with van der Waals surface area (Å²) in [5, 5.41) is 0. The van der Waals surface area contributed by atoms with Gasteiger partial charge in [-0.2, -0.15) is 0 Å². The molecule has 6 nitrogen and oxygen atoms in total. The van der Waals surface area contributed by atoms with Crippen molar-refractivity contribution >= 4 is 11.9 Å². The van der Waals surface area contributed by atoms with Gasteiger partial charge < -0.3 is 18.9 Å². The number of hydrogen-bond donors (Lipinski definition) is 0. The van der Waals surface area contributed by atoms with E-state index in [1.165, 1.54) is 51.4 Å². The van der Waals surface area contributed by atoms with Gasteiger partial charge in [-0.1, -0.05) is 114 Å². The second-order valence-corrected chi connectivity index (χ2v) is 10.5. The van der Waals surface area contributed by atoms with Crippen molar-refractivity contribution in [1.82, 2.24) is 0 Å². The van der Waals surface area contributed by atoms with Crippen molar-refractivity contribution < 1.29 is 28.5 Å². The highest BCUT2D eigenvalue weighted by molar-refractivity contribution is 6.04. The third-order valence-electron chi connectivity index (χ3n) is 6.98. The Balaban J connectivity index is 1.60. The van der Waals surface area contributed by atoms with Crippen molar-refractivity contribution in [3.05, 3.63) is 83.9 Å². The molecule has 6 heteroatoms. The molecule has 226 valence electrons. The highest BCUT2D eigenvalue weighted by Gasteiger charge is 2.22. The molecule has 3 rings (SSSR count). The van der Waals surface area contributed by atoms with Crippen LogP contribution in [0.4, 0.5) is 0 Å². The molecule has 0 N–H and O–H groups in total. The van der Waals surface area contributed by atoms with Gasteiger partial charge >= 0.3 is 11.9 Å². The molecule has 0 fully saturated rings. The van der Waals surface area contributed by atoms with Crippen molar-refractivity contribution in [3.63, 3.8) is 0 Å². The first-order valence-electron chi connectivity index (χ1n) is 15.6. The van der Waals surface area contributed by atoms with Crippen LogP contribution in [-0.4, -0.2) is 25.2 Å². The van der Waals surface area contributed by atoms with Crippen LogP contribution in [-0.2, 0) is 0 Å². The monoisotopic (exact) mass is 574 g/mol. The number of esters is 2. The molecule has 0 atom stereocenters. The number of carbonyl (C=O) groups excluding carboxylic acids is 2. The minimum Gasteiger partial charge on any atom is -0.490 e. The van der Waals surface area contributed by atoms with Crippen molar-refractivity contribution in [2.75, 3.05) is 13.2 Å². The zero-order valence-electron chi connectivity index (χ0n) is 25.3. The molecule has 0 spiro atoms. The van der Waals surface area contributed by atoms with Crippen LogP contribution < -0.4 is 18.9 Å². The summed E-state index contributed by atoms with van der Waals surface area (Å²) in [7, 11) is 0. The molecule has 0 aliphatic rings. The molecule has 3 aromatic carbocycles. The Bertz CT molecular complexity index is 1130. The molecular formula is C36H46O6. The molecule has 0 aromatic heterocycles. The molecule has 42 heavy (non-hydrogen) atoms. The SMILES string of the molecule is CCCCCCCCOc1ccccc1OC(=O)c1ccccc1C(=O)Oc1ccccc1OCCCCCCCC. The number of para-hydroxylation sites is 4. The summed E-state index contributed by atoms with van der Waals surface area (Å²) >= 11 is 0. The van der Waals surface area contributed by atoms with E-state index < -0.39 is 11.9 Å². The molecule has 0 aliphatic carbocycles. The van der Waals surface area contributed by atoms with Gasteiger partial charge in [0.15, 0.2) is 23.0 Å². The first kappa shape index (κ1) is 32.7. The maximum absolute atomic E-state index is 13.2. The van der Waals surface area contributed by atoms with E-state index in [1.54, 1.807) is 60.7 Å².